The molecule has 2 heterocycles. The normalized spacial score (nSPS) is 17.8. The van der Waals surface area contributed by atoms with Crippen molar-refractivity contribution in [3.05, 3.63) is 59.2 Å². The Kier molecular flexibility index (Phi) is 6.36. The zero-order valence-electron chi connectivity index (χ0n) is 17.8. The minimum atomic E-state index is -3.56. The Morgan fingerprint density at radius 2 is 1.91 bits per heavy atom. The van der Waals surface area contributed by atoms with E-state index in [0.29, 0.717) is 36.0 Å². The Bertz CT molecular complexity index is 1190. The second-order valence-electron chi connectivity index (χ2n) is 7.47. The molecule has 2 aromatic carbocycles. The van der Waals surface area contributed by atoms with Crippen LogP contribution in [0.3, 0.4) is 0 Å². The average Bonchev–Trinajstić information content (AvgIpc) is 3.39. The molecule has 0 aliphatic carbocycles. The Hall–Kier alpha value is -2.69. The van der Waals surface area contributed by atoms with Crippen LogP contribution in [-0.4, -0.2) is 48.5 Å². The first-order valence-electron chi connectivity index (χ1n) is 10.4. The summed E-state index contributed by atoms with van der Waals surface area (Å²) in [6.07, 6.45) is 0.371. The molecule has 2 N–H and O–H groups in total. The highest BCUT2D eigenvalue weighted by Crippen LogP contribution is 2.33. The van der Waals surface area contributed by atoms with Crippen LogP contribution in [0.15, 0.2) is 52.4 Å². The fourth-order valence-corrected chi connectivity index (χ4v) is 6.14. The largest absolute Gasteiger partial charge is 0.326 e. The standard InChI is InChI=1S/C22H24N4O4S2/c1-3-26(4-2)32(29,30)17-8-5-14(6-9-17)21(28)25-22-24-19(13-31-22)15-7-10-18-16(11-15)12-20(27)23-18/h5-11,19H,3-4,12-13H2,1-2H3,(H,23,27)(H,24,25,28). The maximum absolute atomic E-state index is 12.6. The molecular weight excluding hydrogens is 448 g/mol. The van der Waals surface area contributed by atoms with Crippen LogP contribution in [0.25, 0.3) is 0 Å². The van der Waals surface area contributed by atoms with Gasteiger partial charge in [0.25, 0.3) is 5.91 Å². The summed E-state index contributed by atoms with van der Waals surface area (Å²) in [5, 5.41) is 6.14. The number of nitrogens with one attached hydrogen (secondary N) is 2. The van der Waals surface area contributed by atoms with Gasteiger partial charge in [0.15, 0.2) is 5.17 Å². The first-order valence-corrected chi connectivity index (χ1v) is 12.8. The van der Waals surface area contributed by atoms with Crippen molar-refractivity contribution < 1.29 is 18.0 Å². The Balaban J connectivity index is 1.43. The van der Waals surface area contributed by atoms with Gasteiger partial charge in [0, 0.05) is 30.1 Å². The summed E-state index contributed by atoms with van der Waals surface area (Å²) < 4.78 is 26.6. The van der Waals surface area contributed by atoms with Gasteiger partial charge in [0.1, 0.15) is 0 Å². The Morgan fingerprint density at radius 1 is 1.19 bits per heavy atom. The number of thioether (sulfide) groups is 1. The molecule has 0 bridgehead atoms. The minimum Gasteiger partial charge on any atom is -0.326 e. The molecule has 32 heavy (non-hydrogen) atoms. The number of amidine groups is 1. The fraction of sp³-hybridized carbons (Fsp3) is 0.318. The summed E-state index contributed by atoms with van der Waals surface area (Å²) in [6, 6.07) is 11.6. The van der Waals surface area contributed by atoms with Gasteiger partial charge >= 0.3 is 0 Å². The van der Waals surface area contributed by atoms with Crippen LogP contribution in [0.1, 0.15) is 41.4 Å². The number of nitrogens with zero attached hydrogens (tertiary/aromatic N) is 2. The van der Waals surface area contributed by atoms with Crippen LogP contribution >= 0.6 is 11.8 Å². The second-order valence-corrected chi connectivity index (χ2v) is 10.4. The number of sulfonamides is 1. The second kappa shape index (κ2) is 9.05. The monoisotopic (exact) mass is 472 g/mol. The number of benzene rings is 2. The molecule has 1 unspecified atom stereocenters. The number of aliphatic imine (C=N–C) groups is 1. The number of carbonyl (C=O) groups excluding carboxylic acids is 2. The van der Waals surface area contributed by atoms with Crippen molar-refractivity contribution >= 4 is 44.5 Å². The lowest BCUT2D eigenvalue weighted by Crippen LogP contribution is -2.31. The molecule has 8 nitrogen and oxygen atoms in total. The van der Waals surface area contributed by atoms with Crippen LogP contribution in [0, 0.1) is 0 Å². The Morgan fingerprint density at radius 3 is 2.59 bits per heavy atom. The third kappa shape index (κ3) is 4.43. The molecule has 0 saturated heterocycles. The predicted molar refractivity (Wildman–Crippen MR) is 125 cm³/mol. The Labute approximate surface area is 191 Å². The number of carbonyl (C=O) groups is 2. The van der Waals surface area contributed by atoms with E-state index in [1.165, 1.54) is 40.3 Å². The van der Waals surface area contributed by atoms with Gasteiger partial charge in [-0.05, 0) is 41.5 Å². The maximum atomic E-state index is 12.6. The summed E-state index contributed by atoms with van der Waals surface area (Å²) in [6.45, 7) is 4.34. The van der Waals surface area contributed by atoms with E-state index in [2.05, 4.69) is 15.6 Å². The topological polar surface area (TPSA) is 108 Å². The van der Waals surface area contributed by atoms with E-state index < -0.39 is 10.0 Å². The quantitative estimate of drug-likeness (QED) is 0.672. The summed E-state index contributed by atoms with van der Waals surface area (Å²) in [4.78, 5) is 29.0. The minimum absolute atomic E-state index is 0.00897. The average molecular weight is 473 g/mol. The molecule has 0 radical (unpaired) electrons. The van der Waals surface area contributed by atoms with Gasteiger partial charge in [0.05, 0.1) is 17.4 Å². The van der Waals surface area contributed by atoms with Gasteiger partial charge in [0.2, 0.25) is 15.9 Å². The molecule has 0 aromatic heterocycles. The van der Waals surface area contributed by atoms with Crippen molar-refractivity contribution in [1.29, 1.82) is 0 Å². The molecule has 0 saturated carbocycles. The summed E-state index contributed by atoms with van der Waals surface area (Å²) in [5.41, 5.74) is 3.17. The lowest BCUT2D eigenvalue weighted by Gasteiger charge is -2.18. The lowest BCUT2D eigenvalue weighted by atomic mass is 10.0. The zero-order valence-corrected chi connectivity index (χ0v) is 19.4. The molecule has 168 valence electrons. The molecule has 2 aliphatic heterocycles. The molecular formula is C22H24N4O4S2. The number of rotatable bonds is 6. The first-order chi connectivity index (χ1) is 15.3. The number of amides is 2. The van der Waals surface area contributed by atoms with Crippen molar-refractivity contribution in [3.63, 3.8) is 0 Å². The van der Waals surface area contributed by atoms with Crippen molar-refractivity contribution in [2.45, 2.75) is 31.2 Å². The van der Waals surface area contributed by atoms with Crippen LogP contribution in [-0.2, 0) is 21.2 Å². The van der Waals surface area contributed by atoms with Crippen molar-refractivity contribution in [2.75, 3.05) is 24.2 Å². The number of fused-ring (bicyclic) bond motifs is 1. The van der Waals surface area contributed by atoms with E-state index in [-0.39, 0.29) is 22.8 Å². The SMILES string of the molecule is CCN(CC)S(=O)(=O)c1ccc(C(=O)NC2=NC(c3ccc4c(c3)CC(=O)N4)CS2)cc1. The summed E-state index contributed by atoms with van der Waals surface area (Å²) in [7, 11) is -3.56. The summed E-state index contributed by atoms with van der Waals surface area (Å²) >= 11 is 1.45. The molecule has 2 amide bonds. The van der Waals surface area contributed by atoms with Crippen molar-refractivity contribution in [3.8, 4) is 0 Å². The smallest absolute Gasteiger partial charge is 0.257 e. The van der Waals surface area contributed by atoms with Crippen LogP contribution in [0.5, 0.6) is 0 Å². The molecule has 10 heteroatoms. The zero-order chi connectivity index (χ0) is 22.9. The van der Waals surface area contributed by atoms with Gasteiger partial charge in [-0.2, -0.15) is 4.31 Å². The van der Waals surface area contributed by atoms with Crippen molar-refractivity contribution in [1.82, 2.24) is 9.62 Å². The fourth-order valence-electron chi connectivity index (χ4n) is 3.73. The van der Waals surface area contributed by atoms with E-state index in [1.54, 1.807) is 13.8 Å². The van der Waals surface area contributed by atoms with Gasteiger partial charge in [-0.1, -0.05) is 37.7 Å². The van der Waals surface area contributed by atoms with E-state index in [0.717, 1.165) is 16.8 Å². The number of hydrogen-bond acceptors (Lipinski definition) is 6. The number of hydrogen-bond donors (Lipinski definition) is 2. The first kappa shape index (κ1) is 22.5. The van der Waals surface area contributed by atoms with Crippen LogP contribution in [0.2, 0.25) is 0 Å². The van der Waals surface area contributed by atoms with Gasteiger partial charge in [-0.25, -0.2) is 8.42 Å². The molecule has 2 aliphatic rings. The van der Waals surface area contributed by atoms with E-state index in [1.807, 2.05) is 18.2 Å². The van der Waals surface area contributed by atoms with Crippen LogP contribution < -0.4 is 10.6 Å². The molecule has 0 spiro atoms. The lowest BCUT2D eigenvalue weighted by molar-refractivity contribution is -0.115. The van der Waals surface area contributed by atoms with Gasteiger partial charge < -0.3 is 10.6 Å². The number of anilines is 1. The van der Waals surface area contributed by atoms with Crippen molar-refractivity contribution in [2.24, 2.45) is 4.99 Å². The molecule has 4 rings (SSSR count). The highest BCUT2D eigenvalue weighted by Gasteiger charge is 2.25. The molecule has 2 aromatic rings. The highest BCUT2D eigenvalue weighted by molar-refractivity contribution is 8.14. The van der Waals surface area contributed by atoms with E-state index in [9.17, 15) is 18.0 Å². The maximum Gasteiger partial charge on any atom is 0.257 e. The van der Waals surface area contributed by atoms with Gasteiger partial charge in [-0.3, -0.25) is 14.6 Å². The predicted octanol–water partition coefficient (Wildman–Crippen LogP) is 2.79. The highest BCUT2D eigenvalue weighted by atomic mass is 32.2. The van der Waals surface area contributed by atoms with E-state index >= 15 is 0 Å². The third-order valence-electron chi connectivity index (χ3n) is 5.47. The van der Waals surface area contributed by atoms with Crippen LogP contribution in [0.4, 0.5) is 5.69 Å². The third-order valence-corrected chi connectivity index (χ3v) is 8.50. The van der Waals surface area contributed by atoms with Gasteiger partial charge in [-0.15, -0.1) is 0 Å². The summed E-state index contributed by atoms with van der Waals surface area (Å²) in [5.74, 6) is 0.342. The molecule has 1 atom stereocenters. The van der Waals surface area contributed by atoms with E-state index in [4.69, 9.17) is 0 Å². The molecule has 0 fully saturated rings.